The van der Waals surface area contributed by atoms with Gasteiger partial charge in [-0.05, 0) is 52.0 Å². The molecule has 2 nitrogen and oxygen atoms in total. The van der Waals surface area contributed by atoms with Crippen LogP contribution in [0.5, 0.6) is 0 Å². The molecule has 2 atom stereocenters. The van der Waals surface area contributed by atoms with E-state index in [1.165, 1.54) is 18.9 Å². The van der Waals surface area contributed by atoms with E-state index in [-0.39, 0.29) is 5.22 Å². The first-order valence-corrected chi connectivity index (χ1v) is 18.3. The highest BCUT2D eigenvalue weighted by molar-refractivity contribution is 6.76. The summed E-state index contributed by atoms with van der Waals surface area (Å²) in [7, 11) is -4.27. The number of rotatable bonds is 11. The molecule has 0 N–H and O–H groups in total. The Balaban J connectivity index is 5.04. The van der Waals surface area contributed by atoms with Crippen LogP contribution in [-0.4, -0.2) is 36.4 Å². The van der Waals surface area contributed by atoms with Crippen molar-refractivity contribution in [2.24, 2.45) is 0 Å². The van der Waals surface area contributed by atoms with E-state index in [2.05, 4.69) is 67.0 Å². The summed E-state index contributed by atoms with van der Waals surface area (Å²) in [5, 5.41) is 0.113. The van der Waals surface area contributed by atoms with Crippen molar-refractivity contribution in [3.63, 3.8) is 0 Å². The number of unbranched alkanes of at least 4 members (excludes halogenated alkanes) is 1. The summed E-state index contributed by atoms with van der Waals surface area (Å²) in [6.45, 7) is 23.5. The Kier molecular flexibility index (Phi) is 9.40. The first-order valence-electron chi connectivity index (χ1n) is 9.32. The van der Waals surface area contributed by atoms with Crippen molar-refractivity contribution in [2.45, 2.75) is 110 Å². The Morgan fingerprint density at radius 3 is 1.95 bits per heavy atom. The van der Waals surface area contributed by atoms with E-state index in [0.717, 1.165) is 12.8 Å². The van der Waals surface area contributed by atoms with E-state index in [9.17, 15) is 0 Å². The molecule has 0 spiro atoms. The van der Waals surface area contributed by atoms with Crippen LogP contribution in [0.25, 0.3) is 0 Å². The second-order valence-corrected chi connectivity index (χ2v) is 20.2. The van der Waals surface area contributed by atoms with Gasteiger partial charge >= 0.3 is 0 Å². The largest absolute Gasteiger partial charge is 0.415 e. The maximum atomic E-state index is 6.84. The second-order valence-electron chi connectivity index (χ2n) is 8.40. The minimum Gasteiger partial charge on any atom is -0.415 e. The van der Waals surface area contributed by atoms with Gasteiger partial charge in [-0.25, -0.2) is 0 Å². The molecule has 0 aromatic rings. The van der Waals surface area contributed by atoms with Crippen molar-refractivity contribution in [2.75, 3.05) is 0 Å². The second kappa shape index (κ2) is 9.16. The third-order valence-corrected chi connectivity index (χ3v) is 14.1. The molecule has 0 bridgehead atoms. The molecule has 0 rings (SSSR count). The fourth-order valence-corrected chi connectivity index (χ4v) is 12.5. The van der Waals surface area contributed by atoms with E-state index in [0.29, 0.717) is 5.73 Å². The van der Waals surface area contributed by atoms with Crippen LogP contribution in [0.15, 0.2) is 0 Å². The van der Waals surface area contributed by atoms with Gasteiger partial charge in [-0.2, -0.15) is 0 Å². The molecule has 0 saturated carbocycles. The zero-order valence-electron chi connectivity index (χ0n) is 17.0. The molecule has 0 heterocycles. The lowest BCUT2D eigenvalue weighted by Crippen LogP contribution is -2.58. The fourth-order valence-electron chi connectivity index (χ4n) is 3.03. The average Bonchev–Trinajstić information content (AvgIpc) is 2.41. The van der Waals surface area contributed by atoms with E-state index in [4.69, 9.17) is 8.85 Å². The number of hydrogen-bond acceptors (Lipinski definition) is 2. The fraction of sp³-hybridized carbons (Fsp3) is 1.00. The van der Waals surface area contributed by atoms with Gasteiger partial charge in [0.05, 0.1) is 14.5 Å². The van der Waals surface area contributed by atoms with Gasteiger partial charge in [-0.15, -0.1) is 0 Å². The third-order valence-electron chi connectivity index (χ3n) is 5.16. The molecular weight excluding hydrogens is 320 g/mol. The normalized spacial score (nSPS) is 17.6. The maximum absolute atomic E-state index is 6.84. The molecule has 0 aliphatic rings. The van der Waals surface area contributed by atoms with Crippen LogP contribution in [0, 0.1) is 0 Å². The smallest absolute Gasteiger partial charge is 0.213 e. The van der Waals surface area contributed by atoms with Crippen LogP contribution in [0.1, 0.15) is 53.4 Å². The van der Waals surface area contributed by atoms with Crippen LogP contribution < -0.4 is 0 Å². The summed E-state index contributed by atoms with van der Waals surface area (Å²) in [5.41, 5.74) is 0.338. The van der Waals surface area contributed by atoms with Gasteiger partial charge in [0, 0.05) is 5.22 Å². The van der Waals surface area contributed by atoms with Gasteiger partial charge < -0.3 is 8.85 Å². The van der Waals surface area contributed by atoms with E-state index in [1.54, 1.807) is 0 Å². The zero-order chi connectivity index (χ0) is 17.6. The highest BCUT2D eigenvalue weighted by Crippen LogP contribution is 2.30. The molecule has 0 amide bonds. The van der Waals surface area contributed by atoms with E-state index < -0.39 is 25.4 Å². The quantitative estimate of drug-likeness (QED) is 0.436. The SMILES string of the molecule is CCCC[Si](C)(C)OC(CC)[Si](C)(C)OC(C)(CC)[SiH](C)C. The van der Waals surface area contributed by atoms with Crippen molar-refractivity contribution >= 4 is 25.4 Å². The Morgan fingerprint density at radius 1 is 1.05 bits per heavy atom. The lowest BCUT2D eigenvalue weighted by Gasteiger charge is -2.44. The average molecular weight is 363 g/mol. The lowest BCUT2D eigenvalue weighted by atomic mass is 10.3. The van der Waals surface area contributed by atoms with Crippen LogP contribution in [0.2, 0.25) is 45.3 Å². The van der Waals surface area contributed by atoms with Crippen LogP contribution in [-0.2, 0) is 8.85 Å². The van der Waals surface area contributed by atoms with Crippen molar-refractivity contribution in [1.29, 1.82) is 0 Å². The molecule has 0 aliphatic carbocycles. The highest BCUT2D eigenvalue weighted by Gasteiger charge is 2.43. The summed E-state index contributed by atoms with van der Waals surface area (Å²) in [6.07, 6.45) is 4.77. The molecule has 0 radical (unpaired) electrons. The Hall–Kier alpha value is 0.571. The van der Waals surface area contributed by atoms with Crippen LogP contribution >= 0.6 is 0 Å². The standard InChI is InChI=1S/C17H42O2Si3/c1-11-14-15-21(7,8)18-16(12-2)22(9,10)19-17(4,13-3)20(5)6/h16,20H,11-15H2,1-10H3. The van der Waals surface area contributed by atoms with Crippen LogP contribution in [0.3, 0.4) is 0 Å². The Bertz CT molecular complexity index is 319. The molecule has 0 saturated heterocycles. The van der Waals surface area contributed by atoms with Crippen molar-refractivity contribution in [3.05, 3.63) is 0 Å². The molecule has 134 valence electrons. The van der Waals surface area contributed by atoms with Crippen LogP contribution in [0.4, 0.5) is 0 Å². The van der Waals surface area contributed by atoms with Gasteiger partial charge in [0.25, 0.3) is 0 Å². The predicted octanol–water partition coefficient (Wildman–Crippen LogP) is 5.74. The summed E-state index contributed by atoms with van der Waals surface area (Å²) >= 11 is 0. The minimum atomic E-state index is -1.85. The summed E-state index contributed by atoms with van der Waals surface area (Å²) < 4.78 is 13.6. The molecule has 0 aromatic carbocycles. The van der Waals surface area contributed by atoms with Gasteiger partial charge in [0.2, 0.25) is 8.32 Å². The maximum Gasteiger partial charge on any atom is 0.213 e. The first kappa shape index (κ1) is 22.6. The van der Waals surface area contributed by atoms with E-state index in [1.807, 2.05) is 0 Å². The topological polar surface area (TPSA) is 18.5 Å². The monoisotopic (exact) mass is 362 g/mol. The van der Waals surface area contributed by atoms with Gasteiger partial charge in [0.15, 0.2) is 8.32 Å². The molecule has 0 fully saturated rings. The zero-order valence-corrected chi connectivity index (χ0v) is 20.2. The summed E-state index contributed by atoms with van der Waals surface area (Å²) in [4.78, 5) is 0. The summed E-state index contributed by atoms with van der Waals surface area (Å²) in [5.74, 6) is 0. The molecule has 5 heteroatoms. The Labute approximate surface area is 144 Å². The molecule has 22 heavy (non-hydrogen) atoms. The third kappa shape index (κ3) is 6.99. The van der Waals surface area contributed by atoms with Crippen molar-refractivity contribution in [1.82, 2.24) is 0 Å². The predicted molar refractivity (Wildman–Crippen MR) is 109 cm³/mol. The van der Waals surface area contributed by atoms with E-state index >= 15 is 0 Å². The van der Waals surface area contributed by atoms with Gasteiger partial charge in [-0.3, -0.25) is 0 Å². The Morgan fingerprint density at radius 2 is 1.59 bits per heavy atom. The molecule has 2 unspecified atom stereocenters. The molecule has 0 aliphatic heterocycles. The minimum absolute atomic E-state index is 0.113. The lowest BCUT2D eigenvalue weighted by molar-refractivity contribution is 0.122. The van der Waals surface area contributed by atoms with Crippen molar-refractivity contribution < 1.29 is 8.85 Å². The highest BCUT2D eigenvalue weighted by atomic mass is 28.4. The molecule has 0 aromatic heterocycles. The van der Waals surface area contributed by atoms with Gasteiger partial charge in [0.1, 0.15) is 0 Å². The first-order chi connectivity index (χ1) is 9.94. The van der Waals surface area contributed by atoms with Gasteiger partial charge in [-0.1, -0.05) is 46.7 Å². The number of hydrogen-bond donors (Lipinski definition) is 0. The molecular formula is C17H42O2Si3. The van der Waals surface area contributed by atoms with Crippen molar-refractivity contribution in [3.8, 4) is 0 Å². The summed E-state index contributed by atoms with van der Waals surface area (Å²) in [6, 6.07) is 1.27.